The van der Waals surface area contributed by atoms with Crippen LogP contribution in [0.15, 0.2) is 41.3 Å². The molecule has 0 aliphatic carbocycles. The maximum absolute atomic E-state index is 13.1. The predicted octanol–water partition coefficient (Wildman–Crippen LogP) is 4.42. The third-order valence-electron chi connectivity index (χ3n) is 3.70. The second-order valence-corrected chi connectivity index (χ2v) is 8.03. The highest BCUT2D eigenvalue weighted by Crippen LogP contribution is 2.27. The van der Waals surface area contributed by atoms with E-state index in [2.05, 4.69) is 5.32 Å². The molecule has 1 amide bonds. The summed E-state index contributed by atoms with van der Waals surface area (Å²) in [4.78, 5) is 12.3. The van der Waals surface area contributed by atoms with Gasteiger partial charge in [0.2, 0.25) is 10.0 Å². The molecule has 2 aromatic carbocycles. The number of hydrogen-bond donors (Lipinski definition) is 1. The van der Waals surface area contributed by atoms with Crippen molar-refractivity contribution in [2.45, 2.75) is 18.7 Å². The average Bonchev–Trinajstić information content (AvgIpc) is 2.58. The molecule has 2 rings (SSSR count). The zero-order valence-electron chi connectivity index (χ0n) is 14.1. The fraction of sp³-hybridized carbons (Fsp3) is 0.235. The second-order valence-electron chi connectivity index (χ2n) is 5.31. The summed E-state index contributed by atoms with van der Waals surface area (Å²) in [5.74, 6) is -1.13. The lowest BCUT2D eigenvalue weighted by Gasteiger charge is -2.19. The Morgan fingerprint density at radius 2 is 1.73 bits per heavy atom. The molecule has 2 aromatic rings. The number of nitrogens with zero attached hydrogens (tertiary/aromatic N) is 1. The van der Waals surface area contributed by atoms with Gasteiger partial charge in [0.05, 0.1) is 15.7 Å². The molecule has 0 saturated heterocycles. The SMILES string of the molecule is CCN(CC)S(=O)(=O)c1cc(C(=O)Nc2ccc(F)cc2Cl)ccc1Cl. The van der Waals surface area contributed by atoms with Crippen molar-refractivity contribution in [3.05, 3.63) is 57.8 Å². The van der Waals surface area contributed by atoms with Crippen LogP contribution in [0.1, 0.15) is 24.2 Å². The van der Waals surface area contributed by atoms with Gasteiger partial charge in [-0.2, -0.15) is 4.31 Å². The van der Waals surface area contributed by atoms with Crippen LogP contribution in [-0.4, -0.2) is 31.7 Å². The van der Waals surface area contributed by atoms with Crippen molar-refractivity contribution in [2.75, 3.05) is 18.4 Å². The van der Waals surface area contributed by atoms with Crippen LogP contribution in [0.4, 0.5) is 10.1 Å². The Labute approximate surface area is 161 Å². The first-order valence-corrected chi connectivity index (χ1v) is 9.96. The van der Waals surface area contributed by atoms with Gasteiger partial charge in [-0.05, 0) is 36.4 Å². The van der Waals surface area contributed by atoms with E-state index in [9.17, 15) is 17.6 Å². The monoisotopic (exact) mass is 418 g/mol. The molecule has 0 aliphatic heterocycles. The van der Waals surface area contributed by atoms with E-state index in [4.69, 9.17) is 23.2 Å². The van der Waals surface area contributed by atoms with Crippen LogP contribution < -0.4 is 5.32 Å². The Kier molecular flexibility index (Phi) is 6.63. The number of carbonyl (C=O) groups excluding carboxylic acids is 1. The topological polar surface area (TPSA) is 66.5 Å². The summed E-state index contributed by atoms with van der Waals surface area (Å²) in [6, 6.07) is 7.49. The summed E-state index contributed by atoms with van der Waals surface area (Å²) < 4.78 is 39.7. The summed E-state index contributed by atoms with van der Waals surface area (Å²) in [6.07, 6.45) is 0. The number of rotatable bonds is 6. The molecule has 26 heavy (non-hydrogen) atoms. The van der Waals surface area contributed by atoms with Gasteiger partial charge in [-0.25, -0.2) is 12.8 Å². The third kappa shape index (κ3) is 4.35. The Hall–Kier alpha value is -1.67. The number of benzene rings is 2. The largest absolute Gasteiger partial charge is 0.321 e. The molecule has 140 valence electrons. The molecule has 0 spiro atoms. The molecule has 1 N–H and O–H groups in total. The number of amides is 1. The highest BCUT2D eigenvalue weighted by Gasteiger charge is 2.25. The Bertz CT molecular complexity index is 932. The van der Waals surface area contributed by atoms with Crippen LogP contribution >= 0.6 is 23.2 Å². The average molecular weight is 419 g/mol. The van der Waals surface area contributed by atoms with E-state index in [0.717, 1.165) is 12.1 Å². The molecule has 0 aromatic heterocycles. The lowest BCUT2D eigenvalue weighted by Crippen LogP contribution is -2.31. The summed E-state index contributed by atoms with van der Waals surface area (Å²) >= 11 is 11.9. The minimum atomic E-state index is -3.83. The molecular formula is C17H17Cl2FN2O3S. The molecule has 0 radical (unpaired) electrons. The van der Waals surface area contributed by atoms with E-state index >= 15 is 0 Å². The van der Waals surface area contributed by atoms with E-state index in [0.29, 0.717) is 0 Å². The minimum absolute atomic E-state index is 0.0215. The van der Waals surface area contributed by atoms with Gasteiger partial charge in [-0.3, -0.25) is 4.79 Å². The summed E-state index contributed by atoms with van der Waals surface area (Å²) in [6.45, 7) is 3.97. The Morgan fingerprint density at radius 3 is 2.31 bits per heavy atom. The van der Waals surface area contributed by atoms with Crippen molar-refractivity contribution < 1.29 is 17.6 Å². The van der Waals surface area contributed by atoms with E-state index in [1.165, 1.54) is 28.6 Å². The van der Waals surface area contributed by atoms with Crippen molar-refractivity contribution in [2.24, 2.45) is 0 Å². The fourth-order valence-electron chi connectivity index (χ4n) is 2.33. The van der Waals surface area contributed by atoms with Crippen molar-refractivity contribution in [3.63, 3.8) is 0 Å². The first kappa shape index (κ1) is 20.6. The highest BCUT2D eigenvalue weighted by molar-refractivity contribution is 7.89. The van der Waals surface area contributed by atoms with E-state index in [-0.39, 0.29) is 39.3 Å². The Balaban J connectivity index is 2.38. The van der Waals surface area contributed by atoms with E-state index in [1.807, 2.05) is 0 Å². The predicted molar refractivity (Wildman–Crippen MR) is 101 cm³/mol. The molecule has 0 atom stereocenters. The summed E-state index contributed by atoms with van der Waals surface area (Å²) in [5, 5.41) is 2.57. The van der Waals surface area contributed by atoms with Gasteiger partial charge in [-0.1, -0.05) is 37.0 Å². The zero-order chi connectivity index (χ0) is 19.5. The van der Waals surface area contributed by atoms with Crippen LogP contribution in [0, 0.1) is 5.82 Å². The first-order valence-electron chi connectivity index (χ1n) is 7.76. The van der Waals surface area contributed by atoms with Crippen molar-refractivity contribution in [3.8, 4) is 0 Å². The molecule has 0 unspecified atom stereocenters. The maximum atomic E-state index is 13.1. The third-order valence-corrected chi connectivity index (χ3v) is 6.54. The zero-order valence-corrected chi connectivity index (χ0v) is 16.4. The summed E-state index contributed by atoms with van der Waals surface area (Å²) in [7, 11) is -3.83. The molecular weight excluding hydrogens is 402 g/mol. The number of halogens is 3. The summed E-state index contributed by atoms with van der Waals surface area (Å²) in [5.41, 5.74) is 0.293. The lowest BCUT2D eigenvalue weighted by molar-refractivity contribution is 0.102. The van der Waals surface area contributed by atoms with Gasteiger partial charge in [0.1, 0.15) is 10.7 Å². The normalized spacial score (nSPS) is 11.6. The smallest absolute Gasteiger partial charge is 0.255 e. The number of anilines is 1. The fourth-order valence-corrected chi connectivity index (χ4v) is 4.50. The van der Waals surface area contributed by atoms with Crippen LogP contribution in [0.2, 0.25) is 10.0 Å². The van der Waals surface area contributed by atoms with Gasteiger partial charge in [0, 0.05) is 18.7 Å². The number of carbonyl (C=O) groups is 1. The van der Waals surface area contributed by atoms with Crippen LogP contribution in [0.3, 0.4) is 0 Å². The Morgan fingerprint density at radius 1 is 1.08 bits per heavy atom. The van der Waals surface area contributed by atoms with Crippen molar-refractivity contribution in [1.82, 2.24) is 4.31 Å². The number of nitrogens with one attached hydrogen (secondary N) is 1. The van der Waals surface area contributed by atoms with E-state index in [1.54, 1.807) is 13.8 Å². The molecule has 0 saturated carbocycles. The van der Waals surface area contributed by atoms with Gasteiger partial charge >= 0.3 is 0 Å². The van der Waals surface area contributed by atoms with Gasteiger partial charge < -0.3 is 5.32 Å². The quantitative estimate of drug-likeness (QED) is 0.754. The lowest BCUT2D eigenvalue weighted by atomic mass is 10.2. The molecule has 0 heterocycles. The standard InChI is InChI=1S/C17H17Cl2FN2O3S/c1-3-22(4-2)26(24,25)16-9-11(5-7-13(16)18)17(23)21-15-8-6-12(20)10-14(15)19/h5-10H,3-4H2,1-2H3,(H,21,23). The molecule has 0 aliphatic rings. The van der Waals surface area contributed by atoms with Gasteiger partial charge in [0.15, 0.2) is 0 Å². The van der Waals surface area contributed by atoms with Gasteiger partial charge in [-0.15, -0.1) is 0 Å². The van der Waals surface area contributed by atoms with Crippen LogP contribution in [0.25, 0.3) is 0 Å². The van der Waals surface area contributed by atoms with Crippen molar-refractivity contribution >= 4 is 44.8 Å². The van der Waals surface area contributed by atoms with Crippen LogP contribution in [0.5, 0.6) is 0 Å². The van der Waals surface area contributed by atoms with E-state index < -0.39 is 21.7 Å². The molecule has 0 fully saturated rings. The van der Waals surface area contributed by atoms with Gasteiger partial charge in [0.25, 0.3) is 5.91 Å². The highest BCUT2D eigenvalue weighted by atomic mass is 35.5. The molecule has 9 heteroatoms. The number of sulfonamides is 1. The first-order chi connectivity index (χ1) is 12.2. The van der Waals surface area contributed by atoms with Crippen molar-refractivity contribution in [1.29, 1.82) is 0 Å². The molecule has 5 nitrogen and oxygen atoms in total. The van der Waals surface area contributed by atoms with Crippen LogP contribution in [-0.2, 0) is 10.0 Å². The minimum Gasteiger partial charge on any atom is -0.321 e. The second kappa shape index (κ2) is 8.35. The molecule has 0 bridgehead atoms. The maximum Gasteiger partial charge on any atom is 0.255 e. The number of hydrogen-bond acceptors (Lipinski definition) is 3.